The van der Waals surface area contributed by atoms with Crippen LogP contribution in [0.3, 0.4) is 0 Å². The standard InChI is InChI=1S/C9H14N6O2S/c1-9(2,3)12-8(18)14-10-4-6-7(15(16)17)5-11-13-6/h4-5H,1-3H3,(H,11,13)(H2,12,14,18)/b10-4+. The number of hydrazone groups is 1. The van der Waals surface area contributed by atoms with Crippen molar-refractivity contribution in [1.29, 1.82) is 0 Å². The average molecular weight is 270 g/mol. The summed E-state index contributed by atoms with van der Waals surface area (Å²) in [7, 11) is 0. The van der Waals surface area contributed by atoms with Crippen LogP contribution in [0.4, 0.5) is 5.69 Å². The topological polar surface area (TPSA) is 108 Å². The van der Waals surface area contributed by atoms with Crippen LogP contribution in [0.5, 0.6) is 0 Å². The fourth-order valence-corrected chi connectivity index (χ4v) is 1.41. The van der Waals surface area contributed by atoms with E-state index in [0.29, 0.717) is 5.11 Å². The van der Waals surface area contributed by atoms with E-state index in [2.05, 4.69) is 26.0 Å². The van der Waals surface area contributed by atoms with Gasteiger partial charge in [0, 0.05) is 5.54 Å². The predicted octanol–water partition coefficient (Wildman–Crippen LogP) is 0.914. The quantitative estimate of drug-likeness (QED) is 0.326. The van der Waals surface area contributed by atoms with Gasteiger partial charge in [0.1, 0.15) is 6.20 Å². The van der Waals surface area contributed by atoms with Crippen molar-refractivity contribution in [3.8, 4) is 0 Å². The Kier molecular flexibility index (Phi) is 4.32. The van der Waals surface area contributed by atoms with Crippen LogP contribution in [0.2, 0.25) is 0 Å². The Morgan fingerprint density at radius 3 is 2.89 bits per heavy atom. The van der Waals surface area contributed by atoms with E-state index in [1.54, 1.807) is 0 Å². The van der Waals surface area contributed by atoms with E-state index in [-0.39, 0.29) is 16.9 Å². The molecule has 0 fully saturated rings. The molecule has 0 bridgehead atoms. The van der Waals surface area contributed by atoms with Crippen LogP contribution in [0, 0.1) is 10.1 Å². The minimum atomic E-state index is -0.545. The van der Waals surface area contributed by atoms with Gasteiger partial charge in [-0.05, 0) is 33.0 Å². The SMILES string of the molecule is CC(C)(C)NC(=S)N/N=C/c1[nH]ncc1[N+](=O)[O-]. The van der Waals surface area contributed by atoms with Gasteiger partial charge in [0.25, 0.3) is 0 Å². The van der Waals surface area contributed by atoms with E-state index >= 15 is 0 Å². The van der Waals surface area contributed by atoms with Gasteiger partial charge in [0.05, 0.1) is 11.1 Å². The Morgan fingerprint density at radius 1 is 1.67 bits per heavy atom. The third kappa shape index (κ3) is 4.45. The number of hydrogen-bond donors (Lipinski definition) is 3. The van der Waals surface area contributed by atoms with Crippen molar-refractivity contribution in [3.63, 3.8) is 0 Å². The summed E-state index contributed by atoms with van der Waals surface area (Å²) in [4.78, 5) is 10.0. The zero-order valence-corrected chi connectivity index (χ0v) is 11.0. The number of thiocarbonyl (C=S) groups is 1. The molecule has 98 valence electrons. The zero-order valence-electron chi connectivity index (χ0n) is 10.2. The van der Waals surface area contributed by atoms with E-state index in [1.165, 1.54) is 6.21 Å². The largest absolute Gasteiger partial charge is 0.357 e. The highest BCUT2D eigenvalue weighted by atomic mass is 32.1. The molecule has 9 heteroatoms. The average Bonchev–Trinajstić information content (AvgIpc) is 2.62. The van der Waals surface area contributed by atoms with E-state index in [4.69, 9.17) is 12.2 Å². The summed E-state index contributed by atoms with van der Waals surface area (Å²) in [6.07, 6.45) is 2.37. The summed E-state index contributed by atoms with van der Waals surface area (Å²) < 4.78 is 0. The number of hydrogen-bond acceptors (Lipinski definition) is 5. The van der Waals surface area contributed by atoms with Crippen LogP contribution in [-0.4, -0.2) is 32.0 Å². The lowest BCUT2D eigenvalue weighted by Gasteiger charge is -2.21. The second kappa shape index (κ2) is 5.54. The Labute approximate surface area is 109 Å². The summed E-state index contributed by atoms with van der Waals surface area (Å²) in [6, 6.07) is 0. The fraction of sp³-hybridized carbons (Fsp3) is 0.444. The molecular formula is C9H14N6O2S. The number of nitrogens with one attached hydrogen (secondary N) is 3. The Hall–Kier alpha value is -2.03. The summed E-state index contributed by atoms with van der Waals surface area (Å²) in [5, 5.41) is 23.7. The molecule has 0 unspecified atom stereocenters. The molecule has 18 heavy (non-hydrogen) atoms. The van der Waals surface area contributed by atoms with E-state index < -0.39 is 4.92 Å². The first kappa shape index (κ1) is 14.0. The molecule has 1 rings (SSSR count). The molecule has 1 aromatic rings. The summed E-state index contributed by atoms with van der Waals surface area (Å²) in [5.74, 6) is 0. The van der Waals surface area contributed by atoms with Crippen LogP contribution in [0.25, 0.3) is 0 Å². The highest BCUT2D eigenvalue weighted by molar-refractivity contribution is 7.80. The molecule has 1 aromatic heterocycles. The van der Waals surface area contributed by atoms with Crippen molar-refractivity contribution in [3.05, 3.63) is 22.0 Å². The van der Waals surface area contributed by atoms with Crippen LogP contribution < -0.4 is 10.7 Å². The van der Waals surface area contributed by atoms with Gasteiger partial charge in [0.15, 0.2) is 10.8 Å². The van der Waals surface area contributed by atoms with Gasteiger partial charge in [-0.25, -0.2) is 0 Å². The van der Waals surface area contributed by atoms with Gasteiger partial charge < -0.3 is 5.32 Å². The molecule has 0 atom stereocenters. The molecule has 0 aromatic carbocycles. The van der Waals surface area contributed by atoms with Crippen LogP contribution in [-0.2, 0) is 0 Å². The summed E-state index contributed by atoms with van der Waals surface area (Å²) in [6.45, 7) is 5.85. The molecule has 0 radical (unpaired) electrons. The smallest absolute Gasteiger partial charge is 0.315 e. The van der Waals surface area contributed by atoms with Gasteiger partial charge in [-0.2, -0.15) is 10.2 Å². The first-order valence-electron chi connectivity index (χ1n) is 5.08. The highest BCUT2D eigenvalue weighted by Crippen LogP contribution is 2.11. The van der Waals surface area contributed by atoms with Crippen molar-refractivity contribution in [2.45, 2.75) is 26.3 Å². The van der Waals surface area contributed by atoms with Gasteiger partial charge in [-0.3, -0.25) is 20.6 Å². The van der Waals surface area contributed by atoms with Crippen molar-refractivity contribution >= 4 is 29.2 Å². The normalized spacial score (nSPS) is 11.5. The number of H-pyrrole nitrogens is 1. The monoisotopic (exact) mass is 270 g/mol. The van der Waals surface area contributed by atoms with Crippen molar-refractivity contribution < 1.29 is 4.92 Å². The van der Waals surface area contributed by atoms with Gasteiger partial charge in [-0.15, -0.1) is 0 Å². The van der Waals surface area contributed by atoms with E-state index in [0.717, 1.165) is 6.20 Å². The van der Waals surface area contributed by atoms with Gasteiger partial charge in [0.2, 0.25) is 0 Å². The minimum absolute atomic E-state index is 0.143. The lowest BCUT2D eigenvalue weighted by Crippen LogP contribution is -2.44. The molecule has 1 heterocycles. The number of nitro groups is 1. The van der Waals surface area contributed by atoms with E-state index in [9.17, 15) is 10.1 Å². The molecule has 0 saturated carbocycles. The second-order valence-electron chi connectivity index (χ2n) is 4.50. The molecular weight excluding hydrogens is 256 g/mol. The molecule has 0 saturated heterocycles. The summed E-state index contributed by atoms with van der Waals surface area (Å²) >= 11 is 4.99. The lowest BCUT2D eigenvalue weighted by molar-refractivity contribution is -0.385. The Morgan fingerprint density at radius 2 is 2.33 bits per heavy atom. The second-order valence-corrected chi connectivity index (χ2v) is 4.91. The molecule has 0 spiro atoms. The van der Waals surface area contributed by atoms with Crippen molar-refractivity contribution in [2.24, 2.45) is 5.10 Å². The van der Waals surface area contributed by atoms with Gasteiger partial charge >= 0.3 is 5.69 Å². The van der Waals surface area contributed by atoms with Crippen LogP contribution in [0.15, 0.2) is 11.3 Å². The lowest BCUT2D eigenvalue weighted by atomic mass is 10.1. The molecule has 0 aliphatic heterocycles. The molecule has 0 aliphatic carbocycles. The first-order valence-corrected chi connectivity index (χ1v) is 5.49. The zero-order chi connectivity index (χ0) is 13.8. The summed E-state index contributed by atoms with van der Waals surface area (Å²) in [5.41, 5.74) is 2.44. The number of aromatic amines is 1. The number of aromatic nitrogens is 2. The van der Waals surface area contributed by atoms with E-state index in [1.807, 2.05) is 20.8 Å². The maximum atomic E-state index is 10.6. The molecule has 0 aliphatic rings. The molecule has 0 amide bonds. The van der Waals surface area contributed by atoms with Crippen molar-refractivity contribution in [2.75, 3.05) is 0 Å². The fourth-order valence-electron chi connectivity index (χ4n) is 1.05. The van der Waals surface area contributed by atoms with Crippen LogP contribution >= 0.6 is 12.2 Å². The number of rotatable bonds is 3. The first-order chi connectivity index (χ1) is 8.29. The maximum absolute atomic E-state index is 10.6. The third-order valence-corrected chi connectivity index (χ3v) is 1.89. The van der Waals surface area contributed by atoms with Crippen molar-refractivity contribution in [1.82, 2.24) is 20.9 Å². The highest BCUT2D eigenvalue weighted by Gasteiger charge is 2.14. The third-order valence-electron chi connectivity index (χ3n) is 1.69. The molecule has 8 nitrogen and oxygen atoms in total. The van der Waals surface area contributed by atoms with Crippen LogP contribution in [0.1, 0.15) is 26.5 Å². The molecule has 3 N–H and O–H groups in total. The minimum Gasteiger partial charge on any atom is -0.357 e. The predicted molar refractivity (Wildman–Crippen MR) is 71.5 cm³/mol. The van der Waals surface area contributed by atoms with Gasteiger partial charge in [-0.1, -0.05) is 0 Å². The number of nitrogens with zero attached hydrogens (tertiary/aromatic N) is 3. The maximum Gasteiger partial charge on any atom is 0.315 e. The Bertz CT molecular complexity index is 476. The Balaban J connectivity index is 2.58.